The molecule has 2 amide bonds. The second-order valence-corrected chi connectivity index (χ2v) is 6.37. The highest BCUT2D eigenvalue weighted by Gasteiger charge is 2.28. The van der Waals surface area contributed by atoms with Crippen LogP contribution in [0.5, 0.6) is 5.75 Å². The molecule has 0 heterocycles. The topological polar surface area (TPSA) is 58.6 Å². The fourth-order valence-electron chi connectivity index (χ4n) is 2.69. The molecule has 0 aromatic heterocycles. The van der Waals surface area contributed by atoms with Gasteiger partial charge in [0, 0.05) is 19.0 Å². The summed E-state index contributed by atoms with van der Waals surface area (Å²) in [7, 11) is 1.62. The zero-order valence-corrected chi connectivity index (χ0v) is 16.2. The molecule has 0 aliphatic rings. The molecule has 0 bridgehead atoms. The molecule has 0 spiro atoms. The molecule has 1 aromatic rings. The number of amides is 2. The summed E-state index contributed by atoms with van der Waals surface area (Å²) in [5.74, 6) is 0.679. The Balaban J connectivity index is 3.03. The SMILES string of the molecule is CCCC(=O)N(Cc1cccc(OC)c1)[C@H](CC)C(=O)N[C@H](C)CC. The lowest BCUT2D eigenvalue weighted by Crippen LogP contribution is -2.50. The van der Waals surface area contributed by atoms with Gasteiger partial charge in [0.2, 0.25) is 11.8 Å². The van der Waals surface area contributed by atoms with Crippen LogP contribution in [0.2, 0.25) is 0 Å². The fourth-order valence-corrected chi connectivity index (χ4v) is 2.69. The van der Waals surface area contributed by atoms with Crippen LogP contribution in [0.3, 0.4) is 0 Å². The maximum Gasteiger partial charge on any atom is 0.243 e. The minimum absolute atomic E-state index is 0.0106. The van der Waals surface area contributed by atoms with Crippen LogP contribution >= 0.6 is 0 Å². The third-order valence-corrected chi connectivity index (χ3v) is 4.34. The van der Waals surface area contributed by atoms with E-state index in [0.29, 0.717) is 19.4 Å². The van der Waals surface area contributed by atoms with E-state index in [-0.39, 0.29) is 17.9 Å². The van der Waals surface area contributed by atoms with E-state index in [1.165, 1.54) is 0 Å². The number of benzene rings is 1. The molecule has 0 fully saturated rings. The average Bonchev–Trinajstić information content (AvgIpc) is 2.61. The number of carbonyl (C=O) groups excluding carboxylic acids is 2. The maximum absolute atomic E-state index is 12.7. The average molecular weight is 348 g/mol. The number of hydrogen-bond donors (Lipinski definition) is 1. The van der Waals surface area contributed by atoms with E-state index in [4.69, 9.17) is 4.74 Å². The minimum atomic E-state index is -0.459. The molecule has 2 atom stereocenters. The van der Waals surface area contributed by atoms with Crippen LogP contribution in [0.15, 0.2) is 24.3 Å². The summed E-state index contributed by atoms with van der Waals surface area (Å²) in [5, 5.41) is 3.01. The maximum atomic E-state index is 12.7. The van der Waals surface area contributed by atoms with Crippen LogP contribution in [-0.2, 0) is 16.1 Å². The summed E-state index contributed by atoms with van der Waals surface area (Å²) in [6, 6.07) is 7.27. The van der Waals surface area contributed by atoms with Crippen molar-refractivity contribution < 1.29 is 14.3 Å². The van der Waals surface area contributed by atoms with Crippen molar-refractivity contribution >= 4 is 11.8 Å². The Labute approximate surface area is 151 Å². The molecule has 5 nitrogen and oxygen atoms in total. The molecule has 1 aromatic carbocycles. The molecule has 25 heavy (non-hydrogen) atoms. The second-order valence-electron chi connectivity index (χ2n) is 6.37. The summed E-state index contributed by atoms with van der Waals surface area (Å²) in [5.41, 5.74) is 0.957. The second kappa shape index (κ2) is 10.7. The quantitative estimate of drug-likeness (QED) is 0.704. The molecular formula is C20H32N2O3. The van der Waals surface area contributed by atoms with Gasteiger partial charge < -0.3 is 15.0 Å². The van der Waals surface area contributed by atoms with E-state index in [0.717, 1.165) is 24.2 Å². The number of rotatable bonds is 10. The molecule has 1 rings (SSSR count). The van der Waals surface area contributed by atoms with Crippen molar-refractivity contribution in [2.24, 2.45) is 0 Å². The predicted octanol–water partition coefficient (Wildman–Crippen LogP) is 3.52. The summed E-state index contributed by atoms with van der Waals surface area (Å²) >= 11 is 0. The van der Waals surface area contributed by atoms with E-state index in [9.17, 15) is 9.59 Å². The van der Waals surface area contributed by atoms with Crippen LogP contribution in [0.25, 0.3) is 0 Å². The lowest BCUT2D eigenvalue weighted by Gasteiger charge is -2.31. The van der Waals surface area contributed by atoms with Gasteiger partial charge in [0.1, 0.15) is 11.8 Å². The van der Waals surface area contributed by atoms with Crippen LogP contribution in [0.1, 0.15) is 58.9 Å². The number of hydrogen-bond acceptors (Lipinski definition) is 3. The van der Waals surface area contributed by atoms with E-state index >= 15 is 0 Å². The molecule has 5 heteroatoms. The van der Waals surface area contributed by atoms with Gasteiger partial charge in [0.15, 0.2) is 0 Å². The van der Waals surface area contributed by atoms with Gasteiger partial charge in [0.05, 0.1) is 7.11 Å². The first-order valence-corrected chi connectivity index (χ1v) is 9.19. The van der Waals surface area contributed by atoms with E-state index in [2.05, 4.69) is 5.32 Å². The first-order valence-electron chi connectivity index (χ1n) is 9.19. The van der Waals surface area contributed by atoms with E-state index in [1.807, 2.05) is 52.0 Å². The number of nitrogens with one attached hydrogen (secondary N) is 1. The van der Waals surface area contributed by atoms with Crippen molar-refractivity contribution in [1.29, 1.82) is 0 Å². The Morgan fingerprint density at radius 3 is 2.48 bits per heavy atom. The van der Waals surface area contributed by atoms with E-state index < -0.39 is 6.04 Å². The molecule has 0 saturated carbocycles. The van der Waals surface area contributed by atoms with Gasteiger partial charge in [-0.1, -0.05) is 32.9 Å². The fraction of sp³-hybridized carbons (Fsp3) is 0.600. The Bertz CT molecular complexity index is 560. The van der Waals surface area contributed by atoms with Gasteiger partial charge in [-0.15, -0.1) is 0 Å². The van der Waals surface area contributed by atoms with Crippen LogP contribution in [0.4, 0.5) is 0 Å². The van der Waals surface area contributed by atoms with Crippen molar-refractivity contribution in [3.63, 3.8) is 0 Å². The first kappa shape index (κ1) is 21.0. The van der Waals surface area contributed by atoms with Gasteiger partial charge in [-0.25, -0.2) is 0 Å². The van der Waals surface area contributed by atoms with Gasteiger partial charge in [0.25, 0.3) is 0 Å². The number of nitrogens with zero attached hydrogens (tertiary/aromatic N) is 1. The Hall–Kier alpha value is -2.04. The van der Waals surface area contributed by atoms with Gasteiger partial charge in [-0.2, -0.15) is 0 Å². The zero-order valence-electron chi connectivity index (χ0n) is 16.2. The summed E-state index contributed by atoms with van der Waals surface area (Å²) in [6.07, 6.45) is 2.65. The molecule has 0 aliphatic heterocycles. The normalized spacial score (nSPS) is 13.0. The summed E-state index contributed by atoms with van der Waals surface area (Å²) in [6.45, 7) is 8.33. The van der Waals surface area contributed by atoms with Crippen molar-refractivity contribution in [1.82, 2.24) is 10.2 Å². The molecule has 1 N–H and O–H groups in total. The van der Waals surface area contributed by atoms with Gasteiger partial charge in [-0.05, 0) is 43.9 Å². The number of carbonyl (C=O) groups is 2. The van der Waals surface area contributed by atoms with E-state index in [1.54, 1.807) is 12.0 Å². The number of ether oxygens (including phenoxy) is 1. The molecule has 0 aliphatic carbocycles. The molecule has 0 saturated heterocycles. The molecule has 140 valence electrons. The standard InChI is InChI=1S/C20H32N2O3/c1-6-10-19(23)22(14-16-11-9-12-17(13-16)25-5)18(8-3)20(24)21-15(4)7-2/h9,11-13,15,18H,6-8,10,14H2,1-5H3,(H,21,24)/t15-,18-/m1/s1. The third-order valence-electron chi connectivity index (χ3n) is 4.34. The lowest BCUT2D eigenvalue weighted by atomic mass is 10.1. The molecule has 0 radical (unpaired) electrons. The van der Waals surface area contributed by atoms with Crippen molar-refractivity contribution in [3.8, 4) is 5.75 Å². The smallest absolute Gasteiger partial charge is 0.243 e. The Morgan fingerprint density at radius 1 is 1.20 bits per heavy atom. The first-order chi connectivity index (χ1) is 12.0. The Morgan fingerprint density at radius 2 is 1.92 bits per heavy atom. The third kappa shape index (κ3) is 6.40. The van der Waals surface area contributed by atoms with Gasteiger partial charge in [-0.3, -0.25) is 9.59 Å². The largest absolute Gasteiger partial charge is 0.497 e. The zero-order chi connectivity index (χ0) is 18.8. The molecule has 0 unspecified atom stereocenters. The number of methoxy groups -OCH3 is 1. The van der Waals surface area contributed by atoms with Crippen molar-refractivity contribution in [2.45, 2.75) is 72.0 Å². The van der Waals surface area contributed by atoms with Crippen molar-refractivity contribution in [3.05, 3.63) is 29.8 Å². The van der Waals surface area contributed by atoms with Crippen LogP contribution in [-0.4, -0.2) is 35.9 Å². The highest BCUT2D eigenvalue weighted by atomic mass is 16.5. The van der Waals surface area contributed by atoms with Gasteiger partial charge >= 0.3 is 0 Å². The van der Waals surface area contributed by atoms with Crippen LogP contribution in [0, 0.1) is 0 Å². The van der Waals surface area contributed by atoms with Crippen molar-refractivity contribution in [2.75, 3.05) is 7.11 Å². The highest BCUT2D eigenvalue weighted by Crippen LogP contribution is 2.18. The lowest BCUT2D eigenvalue weighted by molar-refractivity contribution is -0.141. The minimum Gasteiger partial charge on any atom is -0.497 e. The highest BCUT2D eigenvalue weighted by molar-refractivity contribution is 5.87. The Kier molecular flexibility index (Phi) is 9.03. The van der Waals surface area contributed by atoms with Crippen LogP contribution < -0.4 is 10.1 Å². The predicted molar refractivity (Wildman–Crippen MR) is 100 cm³/mol. The monoisotopic (exact) mass is 348 g/mol. The summed E-state index contributed by atoms with van der Waals surface area (Å²) < 4.78 is 5.26. The molecular weight excluding hydrogens is 316 g/mol. The summed E-state index contributed by atoms with van der Waals surface area (Å²) in [4.78, 5) is 27.1.